The summed E-state index contributed by atoms with van der Waals surface area (Å²) >= 11 is 0. The highest BCUT2D eigenvalue weighted by atomic mass is 19.4. The molecule has 1 aromatic heterocycles. The van der Waals surface area contributed by atoms with Crippen molar-refractivity contribution in [2.45, 2.75) is 38.0 Å². The number of hydrogen-bond acceptors (Lipinski definition) is 2. The Morgan fingerprint density at radius 1 is 1.44 bits per heavy atom. The summed E-state index contributed by atoms with van der Waals surface area (Å²) in [6.45, 7) is 1.36. The summed E-state index contributed by atoms with van der Waals surface area (Å²) in [7, 11) is 0. The Balaban J connectivity index is 1.73. The van der Waals surface area contributed by atoms with Crippen LogP contribution < -0.4 is 5.32 Å². The molecular formula is C10H14F3N3. The Morgan fingerprint density at radius 3 is 2.75 bits per heavy atom. The SMILES string of the molecule is FC(F)(F)c1ccn(CCCNC2CC2)n1. The van der Waals surface area contributed by atoms with E-state index in [4.69, 9.17) is 0 Å². The third-order valence-corrected chi connectivity index (χ3v) is 2.51. The molecule has 1 saturated carbocycles. The Bertz CT molecular complexity index is 341. The van der Waals surface area contributed by atoms with E-state index < -0.39 is 11.9 Å². The number of alkyl halides is 3. The van der Waals surface area contributed by atoms with Crippen LogP contribution >= 0.6 is 0 Å². The maximum Gasteiger partial charge on any atom is 0.435 e. The first-order valence-corrected chi connectivity index (χ1v) is 5.40. The minimum atomic E-state index is -4.34. The maximum atomic E-state index is 12.2. The summed E-state index contributed by atoms with van der Waals surface area (Å²) in [5.41, 5.74) is -0.817. The lowest BCUT2D eigenvalue weighted by Crippen LogP contribution is -2.19. The van der Waals surface area contributed by atoms with Crippen molar-refractivity contribution in [3.05, 3.63) is 18.0 Å². The molecule has 6 heteroatoms. The molecule has 2 rings (SSSR count). The number of rotatable bonds is 5. The average Bonchev–Trinajstić information content (AvgIpc) is 2.88. The van der Waals surface area contributed by atoms with Crippen molar-refractivity contribution in [1.29, 1.82) is 0 Å². The van der Waals surface area contributed by atoms with Crippen LogP contribution in [0.15, 0.2) is 12.3 Å². The van der Waals surface area contributed by atoms with Gasteiger partial charge in [-0.05, 0) is 31.9 Å². The lowest BCUT2D eigenvalue weighted by molar-refractivity contribution is -0.141. The number of halogens is 3. The van der Waals surface area contributed by atoms with E-state index in [1.807, 2.05) is 0 Å². The van der Waals surface area contributed by atoms with Crippen LogP contribution in [0, 0.1) is 0 Å². The molecule has 0 radical (unpaired) electrons. The third kappa shape index (κ3) is 3.23. The Labute approximate surface area is 91.6 Å². The molecule has 16 heavy (non-hydrogen) atoms. The van der Waals surface area contributed by atoms with Crippen molar-refractivity contribution in [3.63, 3.8) is 0 Å². The van der Waals surface area contributed by atoms with Gasteiger partial charge < -0.3 is 5.32 Å². The molecule has 1 N–H and O–H groups in total. The highest BCUT2D eigenvalue weighted by Gasteiger charge is 2.33. The molecule has 0 spiro atoms. The van der Waals surface area contributed by atoms with Gasteiger partial charge >= 0.3 is 6.18 Å². The summed E-state index contributed by atoms with van der Waals surface area (Å²) in [6.07, 6.45) is 0.285. The first-order chi connectivity index (χ1) is 7.55. The van der Waals surface area contributed by atoms with Gasteiger partial charge in [0.15, 0.2) is 5.69 Å². The van der Waals surface area contributed by atoms with Gasteiger partial charge in [-0.2, -0.15) is 18.3 Å². The minimum Gasteiger partial charge on any atom is -0.314 e. The van der Waals surface area contributed by atoms with E-state index in [9.17, 15) is 13.2 Å². The van der Waals surface area contributed by atoms with Crippen LogP contribution in [-0.4, -0.2) is 22.4 Å². The number of nitrogens with zero attached hydrogens (tertiary/aromatic N) is 2. The fourth-order valence-corrected chi connectivity index (χ4v) is 1.47. The molecule has 3 nitrogen and oxygen atoms in total. The normalized spacial score (nSPS) is 16.7. The molecule has 0 bridgehead atoms. The molecule has 90 valence electrons. The third-order valence-electron chi connectivity index (χ3n) is 2.51. The summed E-state index contributed by atoms with van der Waals surface area (Å²) in [4.78, 5) is 0. The minimum absolute atomic E-state index is 0.524. The van der Waals surface area contributed by atoms with Crippen LogP contribution in [0.25, 0.3) is 0 Å². The fraction of sp³-hybridized carbons (Fsp3) is 0.700. The van der Waals surface area contributed by atoms with E-state index >= 15 is 0 Å². The first kappa shape index (κ1) is 11.4. The Hall–Kier alpha value is -1.04. The highest BCUT2D eigenvalue weighted by Crippen LogP contribution is 2.27. The van der Waals surface area contributed by atoms with Crippen molar-refractivity contribution in [1.82, 2.24) is 15.1 Å². The van der Waals surface area contributed by atoms with Crippen molar-refractivity contribution in [2.75, 3.05) is 6.54 Å². The van der Waals surface area contributed by atoms with Gasteiger partial charge in [-0.15, -0.1) is 0 Å². The van der Waals surface area contributed by atoms with Gasteiger partial charge in [0, 0.05) is 18.8 Å². The second kappa shape index (κ2) is 4.45. The summed E-state index contributed by atoms with van der Waals surface area (Å²) in [5.74, 6) is 0. The van der Waals surface area contributed by atoms with E-state index in [1.54, 1.807) is 0 Å². The predicted molar refractivity (Wildman–Crippen MR) is 52.9 cm³/mol. The molecule has 0 unspecified atom stereocenters. The average molecular weight is 233 g/mol. The molecule has 1 fully saturated rings. The van der Waals surface area contributed by atoms with Crippen LogP contribution in [-0.2, 0) is 12.7 Å². The topological polar surface area (TPSA) is 29.9 Å². The van der Waals surface area contributed by atoms with Crippen LogP contribution in [0.4, 0.5) is 13.2 Å². The molecule has 0 aromatic carbocycles. The maximum absolute atomic E-state index is 12.2. The number of aromatic nitrogens is 2. The van der Waals surface area contributed by atoms with Crippen LogP contribution in [0.5, 0.6) is 0 Å². The van der Waals surface area contributed by atoms with Gasteiger partial charge in [-0.25, -0.2) is 0 Å². The van der Waals surface area contributed by atoms with Crippen molar-refractivity contribution < 1.29 is 13.2 Å². The smallest absolute Gasteiger partial charge is 0.314 e. The lowest BCUT2D eigenvalue weighted by Gasteiger charge is -2.04. The quantitative estimate of drug-likeness (QED) is 0.789. The predicted octanol–water partition coefficient (Wildman–Crippen LogP) is 2.04. The van der Waals surface area contributed by atoms with Crippen LogP contribution in [0.3, 0.4) is 0 Å². The molecule has 0 amide bonds. The van der Waals surface area contributed by atoms with E-state index in [-0.39, 0.29) is 0 Å². The molecule has 0 atom stereocenters. The van der Waals surface area contributed by atoms with Crippen molar-refractivity contribution >= 4 is 0 Å². The monoisotopic (exact) mass is 233 g/mol. The molecular weight excluding hydrogens is 219 g/mol. The zero-order valence-electron chi connectivity index (χ0n) is 8.80. The molecule has 1 aliphatic carbocycles. The largest absolute Gasteiger partial charge is 0.435 e. The molecule has 1 aromatic rings. The first-order valence-electron chi connectivity index (χ1n) is 5.40. The second-order valence-corrected chi connectivity index (χ2v) is 4.04. The molecule has 0 aliphatic heterocycles. The van der Waals surface area contributed by atoms with Crippen molar-refractivity contribution in [2.24, 2.45) is 0 Å². The molecule has 1 heterocycles. The van der Waals surface area contributed by atoms with E-state index in [2.05, 4.69) is 10.4 Å². The van der Waals surface area contributed by atoms with Gasteiger partial charge in [-0.1, -0.05) is 0 Å². The fourth-order valence-electron chi connectivity index (χ4n) is 1.47. The van der Waals surface area contributed by atoms with E-state index in [0.717, 1.165) is 19.0 Å². The zero-order valence-corrected chi connectivity index (χ0v) is 8.80. The zero-order chi connectivity index (χ0) is 11.6. The van der Waals surface area contributed by atoms with Gasteiger partial charge in [0.2, 0.25) is 0 Å². The number of aryl methyl sites for hydroxylation is 1. The van der Waals surface area contributed by atoms with E-state index in [0.29, 0.717) is 12.6 Å². The summed E-state index contributed by atoms with van der Waals surface area (Å²) in [5, 5.41) is 6.78. The Morgan fingerprint density at radius 2 is 2.19 bits per heavy atom. The standard InChI is InChI=1S/C10H14F3N3/c11-10(12,13)9-4-7-16(15-9)6-1-5-14-8-2-3-8/h4,7-8,14H,1-3,5-6H2. The lowest BCUT2D eigenvalue weighted by atomic mass is 10.4. The second-order valence-electron chi connectivity index (χ2n) is 4.04. The summed E-state index contributed by atoms with van der Waals surface area (Å²) in [6, 6.07) is 1.65. The van der Waals surface area contributed by atoms with Crippen LogP contribution in [0.2, 0.25) is 0 Å². The molecule has 1 aliphatic rings. The van der Waals surface area contributed by atoms with Crippen LogP contribution in [0.1, 0.15) is 25.0 Å². The van der Waals surface area contributed by atoms with Gasteiger partial charge in [0.1, 0.15) is 0 Å². The summed E-state index contributed by atoms with van der Waals surface area (Å²) < 4.78 is 38.0. The van der Waals surface area contributed by atoms with Gasteiger partial charge in [0.05, 0.1) is 0 Å². The number of nitrogens with one attached hydrogen (secondary N) is 1. The Kier molecular flexibility index (Phi) is 3.18. The van der Waals surface area contributed by atoms with Gasteiger partial charge in [0.25, 0.3) is 0 Å². The van der Waals surface area contributed by atoms with Crippen molar-refractivity contribution in [3.8, 4) is 0 Å². The highest BCUT2D eigenvalue weighted by molar-refractivity contribution is 5.03. The van der Waals surface area contributed by atoms with Gasteiger partial charge in [-0.3, -0.25) is 4.68 Å². The van der Waals surface area contributed by atoms with E-state index in [1.165, 1.54) is 23.7 Å². The number of hydrogen-bond donors (Lipinski definition) is 1. The molecule has 0 saturated heterocycles.